The topological polar surface area (TPSA) is 72.1 Å². The summed E-state index contributed by atoms with van der Waals surface area (Å²) in [4.78, 5) is 22.8. The van der Waals surface area contributed by atoms with Gasteiger partial charge in [-0.15, -0.1) is 36.2 Å². The second kappa shape index (κ2) is 9.93. The Kier molecular flexibility index (Phi) is 9.43. The van der Waals surface area contributed by atoms with E-state index in [0.29, 0.717) is 19.5 Å². The van der Waals surface area contributed by atoms with Crippen LogP contribution in [0.3, 0.4) is 0 Å². The Morgan fingerprint density at radius 3 is 2.62 bits per heavy atom. The lowest BCUT2D eigenvalue weighted by atomic mass is 9.93. The van der Waals surface area contributed by atoms with Crippen molar-refractivity contribution in [1.29, 1.82) is 0 Å². The zero-order valence-electron chi connectivity index (χ0n) is 14.1. The molecular weight excluding hydrogens is 367 g/mol. The second-order valence-electron chi connectivity index (χ2n) is 6.15. The smallest absolute Gasteiger partial charge is 0.228 e. The largest absolute Gasteiger partial charge is 0.345 e. The van der Waals surface area contributed by atoms with Crippen molar-refractivity contribution in [1.82, 2.24) is 14.9 Å². The summed E-state index contributed by atoms with van der Waals surface area (Å²) in [6.45, 7) is 5.29. The third-order valence-electron chi connectivity index (χ3n) is 3.41. The first-order valence-corrected chi connectivity index (χ1v) is 8.09. The molecule has 2 rings (SSSR count). The molecule has 2 N–H and O–H groups in total. The highest BCUT2D eigenvalue weighted by Gasteiger charge is 2.21. The number of carbonyl (C=O) groups excluding carboxylic acids is 1. The number of nitrogens with zero attached hydrogens (tertiary/aromatic N) is 3. The Morgan fingerprint density at radius 1 is 1.33 bits per heavy atom. The number of thiazole rings is 1. The van der Waals surface area contributed by atoms with Crippen LogP contribution >= 0.6 is 36.2 Å². The van der Waals surface area contributed by atoms with Crippen molar-refractivity contribution in [3.63, 3.8) is 0 Å². The molecule has 5 nitrogen and oxygen atoms in total. The summed E-state index contributed by atoms with van der Waals surface area (Å²) >= 11 is 1.51. The summed E-state index contributed by atoms with van der Waals surface area (Å²) in [5.74, 6) is 0.0550. The maximum Gasteiger partial charge on any atom is 0.228 e. The van der Waals surface area contributed by atoms with Gasteiger partial charge in [0.05, 0.1) is 17.8 Å². The first-order valence-electron chi connectivity index (χ1n) is 7.21. The normalized spacial score (nSPS) is 10.5. The van der Waals surface area contributed by atoms with Crippen LogP contribution in [0.1, 0.15) is 19.5 Å². The maximum atomic E-state index is 12.3. The van der Waals surface area contributed by atoms with Crippen LogP contribution in [-0.4, -0.2) is 40.9 Å². The highest BCUT2D eigenvalue weighted by Crippen LogP contribution is 2.22. The summed E-state index contributed by atoms with van der Waals surface area (Å²) in [6.07, 6.45) is 2.05. The molecule has 0 atom stereocenters. The highest BCUT2D eigenvalue weighted by molar-refractivity contribution is 7.13. The molecule has 2 heterocycles. The Hall–Kier alpha value is -1.21. The molecule has 8 heteroatoms. The average molecular weight is 391 g/mol. The lowest BCUT2D eigenvalue weighted by Crippen LogP contribution is -2.40. The molecule has 134 valence electrons. The molecule has 0 aliphatic rings. The molecule has 0 saturated heterocycles. The molecule has 2 aromatic heterocycles. The summed E-state index contributed by atoms with van der Waals surface area (Å²) in [7, 11) is 1.81. The summed E-state index contributed by atoms with van der Waals surface area (Å²) in [6, 6.07) is 5.72. The average Bonchev–Trinajstić information content (AvgIpc) is 2.96. The maximum absolute atomic E-state index is 12.3. The number of aromatic nitrogens is 2. The molecule has 0 unspecified atom stereocenters. The molecular formula is C16H24Cl2N4OS. The second-order valence-corrected chi connectivity index (χ2v) is 7.01. The van der Waals surface area contributed by atoms with Crippen molar-refractivity contribution in [3.8, 4) is 10.7 Å². The zero-order valence-corrected chi connectivity index (χ0v) is 16.5. The number of carbonyl (C=O) groups is 1. The molecule has 0 bridgehead atoms. The lowest BCUT2D eigenvalue weighted by Gasteiger charge is -2.28. The summed E-state index contributed by atoms with van der Waals surface area (Å²) < 4.78 is 0. The molecule has 0 saturated carbocycles. The van der Waals surface area contributed by atoms with Crippen LogP contribution in [0.2, 0.25) is 0 Å². The first-order chi connectivity index (χ1) is 10.4. The minimum Gasteiger partial charge on any atom is -0.345 e. The molecule has 24 heavy (non-hydrogen) atoms. The van der Waals surface area contributed by atoms with Crippen LogP contribution in [0.15, 0.2) is 29.8 Å². The van der Waals surface area contributed by atoms with Crippen molar-refractivity contribution in [2.45, 2.75) is 20.3 Å². The molecule has 0 aliphatic carbocycles. The van der Waals surface area contributed by atoms with E-state index < -0.39 is 0 Å². The SMILES string of the molecule is CN(CC(C)(C)CN)C(=O)Cc1csc(-c2ccccn2)n1.Cl.Cl. The molecule has 0 radical (unpaired) electrons. The Labute approximate surface area is 159 Å². The van der Waals surface area contributed by atoms with Crippen LogP contribution in [0.5, 0.6) is 0 Å². The molecule has 1 amide bonds. The van der Waals surface area contributed by atoms with E-state index in [-0.39, 0.29) is 36.1 Å². The molecule has 0 spiro atoms. The van der Waals surface area contributed by atoms with Gasteiger partial charge in [-0.3, -0.25) is 9.78 Å². The van der Waals surface area contributed by atoms with Gasteiger partial charge in [0, 0.05) is 25.2 Å². The van der Waals surface area contributed by atoms with Crippen LogP contribution in [-0.2, 0) is 11.2 Å². The molecule has 0 fully saturated rings. The van der Waals surface area contributed by atoms with Gasteiger partial charge in [0.1, 0.15) is 5.01 Å². The fourth-order valence-corrected chi connectivity index (χ4v) is 2.87. The van der Waals surface area contributed by atoms with Crippen LogP contribution in [0.4, 0.5) is 0 Å². The van der Waals surface area contributed by atoms with Crippen molar-refractivity contribution < 1.29 is 4.79 Å². The van der Waals surface area contributed by atoms with Crippen molar-refractivity contribution in [2.75, 3.05) is 20.1 Å². The van der Waals surface area contributed by atoms with Crippen LogP contribution < -0.4 is 5.73 Å². The van der Waals surface area contributed by atoms with Gasteiger partial charge in [0.25, 0.3) is 0 Å². The predicted octanol–water partition coefficient (Wildman–Crippen LogP) is 3.03. The Morgan fingerprint density at radius 2 is 2.04 bits per heavy atom. The van der Waals surface area contributed by atoms with Crippen molar-refractivity contribution >= 4 is 42.1 Å². The van der Waals surface area contributed by atoms with Gasteiger partial charge in [0.2, 0.25) is 5.91 Å². The van der Waals surface area contributed by atoms with E-state index in [0.717, 1.165) is 16.4 Å². The highest BCUT2D eigenvalue weighted by atomic mass is 35.5. The van der Waals surface area contributed by atoms with Gasteiger partial charge < -0.3 is 10.6 Å². The standard InChI is InChI=1S/C16H22N4OS.2ClH/c1-16(2,10-17)11-20(3)14(21)8-12-9-22-15(19-12)13-6-4-5-7-18-13;;/h4-7,9H,8,10-11,17H2,1-3H3;2*1H. The fraction of sp³-hybridized carbons (Fsp3) is 0.438. The fourth-order valence-electron chi connectivity index (χ4n) is 2.08. The predicted molar refractivity (Wildman–Crippen MR) is 104 cm³/mol. The van der Waals surface area contributed by atoms with Gasteiger partial charge in [-0.05, 0) is 24.1 Å². The third-order valence-corrected chi connectivity index (χ3v) is 4.33. The first kappa shape index (κ1) is 22.8. The number of nitrogens with two attached hydrogens (primary N) is 1. The van der Waals surface area contributed by atoms with E-state index in [9.17, 15) is 4.79 Å². The molecule has 0 aromatic carbocycles. The van der Waals surface area contributed by atoms with E-state index in [1.165, 1.54) is 11.3 Å². The number of halogens is 2. The quantitative estimate of drug-likeness (QED) is 0.822. The molecule has 0 aliphatic heterocycles. The summed E-state index contributed by atoms with van der Waals surface area (Å²) in [5.41, 5.74) is 7.26. The lowest BCUT2D eigenvalue weighted by molar-refractivity contribution is -0.130. The van der Waals surface area contributed by atoms with Crippen molar-refractivity contribution in [3.05, 3.63) is 35.5 Å². The van der Waals surface area contributed by atoms with Gasteiger partial charge in [-0.1, -0.05) is 19.9 Å². The van der Waals surface area contributed by atoms with Gasteiger partial charge in [-0.25, -0.2) is 4.98 Å². The summed E-state index contributed by atoms with van der Waals surface area (Å²) in [5, 5.41) is 2.76. The van der Waals surface area contributed by atoms with E-state index in [4.69, 9.17) is 5.73 Å². The minimum atomic E-state index is -0.0778. The Bertz CT molecular complexity index is 634. The Balaban J connectivity index is 0.00000264. The van der Waals surface area contributed by atoms with Crippen LogP contribution in [0.25, 0.3) is 10.7 Å². The van der Waals surface area contributed by atoms with Gasteiger partial charge >= 0.3 is 0 Å². The zero-order chi connectivity index (χ0) is 16.2. The third kappa shape index (κ3) is 6.36. The number of amides is 1. The number of rotatable bonds is 6. The van der Waals surface area contributed by atoms with Gasteiger partial charge in [-0.2, -0.15) is 0 Å². The van der Waals surface area contributed by atoms with E-state index >= 15 is 0 Å². The molecule has 2 aromatic rings. The van der Waals surface area contributed by atoms with E-state index in [2.05, 4.69) is 23.8 Å². The van der Waals surface area contributed by atoms with Gasteiger partial charge in [0.15, 0.2) is 0 Å². The van der Waals surface area contributed by atoms with Crippen molar-refractivity contribution in [2.24, 2.45) is 11.1 Å². The van der Waals surface area contributed by atoms with Crippen LogP contribution in [0, 0.1) is 5.41 Å². The number of pyridine rings is 1. The minimum absolute atomic E-state index is 0. The van der Waals surface area contributed by atoms with E-state index in [1.54, 1.807) is 11.1 Å². The van der Waals surface area contributed by atoms with E-state index in [1.807, 2.05) is 30.6 Å². The monoisotopic (exact) mass is 390 g/mol. The number of likely N-dealkylation sites (N-methyl/N-ethyl adjacent to an activating group) is 1. The number of hydrogen-bond acceptors (Lipinski definition) is 5. The number of hydrogen-bond donors (Lipinski definition) is 1.